The highest BCUT2D eigenvalue weighted by atomic mass is 28.4. The van der Waals surface area contributed by atoms with Gasteiger partial charge in [-0.3, -0.25) is 4.79 Å². The number of carbonyl (C=O) groups is 1. The van der Waals surface area contributed by atoms with Gasteiger partial charge in [0.25, 0.3) is 0 Å². The van der Waals surface area contributed by atoms with Gasteiger partial charge in [-0.05, 0) is 22.2 Å². The highest BCUT2D eigenvalue weighted by molar-refractivity contribution is 6.77. The van der Waals surface area contributed by atoms with Crippen LogP contribution in [0, 0.1) is 0 Å². The maximum Gasteiger partial charge on any atom is 0.308 e. The van der Waals surface area contributed by atoms with E-state index in [1.165, 1.54) is 0 Å². The second kappa shape index (κ2) is 9.15. The molecule has 1 aromatic carbocycles. The van der Waals surface area contributed by atoms with Crippen LogP contribution in [0.25, 0.3) is 0 Å². The average molecular weight is 379 g/mol. The first-order chi connectivity index (χ1) is 12.3. The van der Waals surface area contributed by atoms with E-state index < -0.39 is 8.32 Å². The first-order valence-corrected chi connectivity index (χ1v) is 11.9. The molecular weight excluding hydrogens is 344 g/mol. The summed E-state index contributed by atoms with van der Waals surface area (Å²) in [7, 11) is -2.05. The number of carbonyl (C=O) groups excluding carboxylic acids is 1. The van der Waals surface area contributed by atoms with E-state index >= 15 is 0 Å². The van der Waals surface area contributed by atoms with Crippen LogP contribution in [0.5, 0.6) is 0 Å². The largest absolute Gasteiger partial charge is 0.457 e. The Morgan fingerprint density at radius 2 is 1.62 bits per heavy atom. The molecule has 0 bridgehead atoms. The Morgan fingerprint density at radius 3 is 2.15 bits per heavy atom. The van der Waals surface area contributed by atoms with Gasteiger partial charge in [0.2, 0.25) is 8.32 Å². The Balaban J connectivity index is 2.04. The second-order valence-corrected chi connectivity index (χ2v) is 13.6. The van der Waals surface area contributed by atoms with Crippen LogP contribution in [0.2, 0.25) is 16.6 Å². The minimum atomic E-state index is -2.05. The van der Waals surface area contributed by atoms with Crippen molar-refractivity contribution >= 4 is 14.3 Å². The molecule has 0 spiro atoms. The summed E-state index contributed by atoms with van der Waals surface area (Å²) in [5.41, 5.74) is 2.54. The number of ether oxygens (including phenoxy) is 2. The lowest BCUT2D eigenvalue weighted by Gasteiger charge is -2.44. The molecule has 1 heterocycles. The molecule has 5 heteroatoms. The maximum absolute atomic E-state index is 12.0. The summed E-state index contributed by atoms with van der Waals surface area (Å²) in [5.74, 6) is -0.178. The molecular formula is C21H34O4Si. The Kier molecular flexibility index (Phi) is 7.44. The third-order valence-electron chi connectivity index (χ3n) is 5.52. The summed E-state index contributed by atoms with van der Waals surface area (Å²) in [6.07, 6.45) is -0.174. The van der Waals surface area contributed by atoms with Crippen molar-refractivity contribution < 1.29 is 18.7 Å². The van der Waals surface area contributed by atoms with Crippen molar-refractivity contribution in [1.29, 1.82) is 0 Å². The van der Waals surface area contributed by atoms with Gasteiger partial charge in [0.15, 0.2) is 6.10 Å². The minimum Gasteiger partial charge on any atom is -0.457 e. The summed E-state index contributed by atoms with van der Waals surface area (Å²) < 4.78 is 18.1. The number of hydrogen-bond donors (Lipinski definition) is 0. The fourth-order valence-corrected chi connectivity index (χ4v) is 9.96. The van der Waals surface area contributed by atoms with E-state index in [0.29, 0.717) is 36.3 Å². The Hall–Kier alpha value is -1.17. The fourth-order valence-electron chi connectivity index (χ4n) is 4.39. The van der Waals surface area contributed by atoms with Gasteiger partial charge in [0, 0.05) is 0 Å². The highest BCUT2D eigenvalue weighted by Gasteiger charge is 2.50. The van der Waals surface area contributed by atoms with Crippen molar-refractivity contribution in [2.45, 2.75) is 83.4 Å². The molecule has 0 radical (unpaired) electrons. The van der Waals surface area contributed by atoms with Crippen LogP contribution in [0.4, 0.5) is 0 Å². The third-order valence-corrected chi connectivity index (χ3v) is 11.6. The van der Waals surface area contributed by atoms with Crippen LogP contribution in [-0.2, 0) is 25.3 Å². The lowest BCUT2D eigenvalue weighted by Crippen LogP contribution is -2.52. The number of esters is 1. The van der Waals surface area contributed by atoms with Gasteiger partial charge >= 0.3 is 5.97 Å². The fraction of sp³-hybridized carbons (Fsp3) is 0.667. The Labute approximate surface area is 159 Å². The molecule has 1 aromatic rings. The molecule has 146 valence electrons. The molecule has 1 aliphatic heterocycles. The average Bonchev–Trinajstić information content (AvgIpc) is 2.92. The van der Waals surface area contributed by atoms with Crippen molar-refractivity contribution in [2.24, 2.45) is 0 Å². The highest BCUT2D eigenvalue weighted by Crippen LogP contribution is 2.44. The van der Waals surface area contributed by atoms with Crippen molar-refractivity contribution in [3.63, 3.8) is 0 Å². The Bertz CT molecular complexity index is 549. The summed E-state index contributed by atoms with van der Waals surface area (Å²) in [5, 5.41) is 0. The van der Waals surface area contributed by atoms with Gasteiger partial charge in [-0.2, -0.15) is 0 Å². The summed E-state index contributed by atoms with van der Waals surface area (Å²) in [4.78, 5) is 12.0. The van der Waals surface area contributed by atoms with E-state index in [4.69, 9.17) is 13.9 Å². The van der Waals surface area contributed by atoms with Crippen LogP contribution >= 0.6 is 0 Å². The molecule has 0 aromatic heterocycles. The van der Waals surface area contributed by atoms with E-state index in [1.54, 1.807) is 0 Å². The van der Waals surface area contributed by atoms with Gasteiger partial charge in [-0.15, -0.1) is 0 Å². The molecule has 4 nitrogen and oxygen atoms in total. The van der Waals surface area contributed by atoms with Gasteiger partial charge in [0.05, 0.1) is 25.7 Å². The zero-order chi connectivity index (χ0) is 19.3. The monoisotopic (exact) mass is 378 g/mol. The zero-order valence-corrected chi connectivity index (χ0v) is 18.0. The van der Waals surface area contributed by atoms with Gasteiger partial charge in [-0.25, -0.2) is 0 Å². The van der Waals surface area contributed by atoms with E-state index in [0.717, 1.165) is 5.56 Å². The third kappa shape index (κ3) is 4.75. The SMILES string of the molecule is CC(C)[Si](OC1CC(=O)OC1COCc1ccccc1)(C(C)C)C(C)C. The molecule has 26 heavy (non-hydrogen) atoms. The van der Waals surface area contributed by atoms with E-state index in [2.05, 4.69) is 41.5 Å². The minimum absolute atomic E-state index is 0.178. The second-order valence-electron chi connectivity index (χ2n) is 8.21. The van der Waals surface area contributed by atoms with Crippen molar-refractivity contribution in [2.75, 3.05) is 6.61 Å². The van der Waals surface area contributed by atoms with E-state index in [-0.39, 0.29) is 18.2 Å². The van der Waals surface area contributed by atoms with Crippen LogP contribution < -0.4 is 0 Å². The van der Waals surface area contributed by atoms with Crippen LogP contribution in [-0.4, -0.2) is 33.1 Å². The predicted molar refractivity (Wildman–Crippen MR) is 107 cm³/mol. The van der Waals surface area contributed by atoms with Crippen LogP contribution in [0.3, 0.4) is 0 Å². The van der Waals surface area contributed by atoms with E-state index in [1.807, 2.05) is 30.3 Å². The van der Waals surface area contributed by atoms with Gasteiger partial charge in [-0.1, -0.05) is 71.9 Å². The first-order valence-electron chi connectivity index (χ1n) is 9.76. The van der Waals surface area contributed by atoms with Crippen LogP contribution in [0.1, 0.15) is 53.5 Å². The quantitative estimate of drug-likeness (QED) is 0.444. The molecule has 0 saturated carbocycles. The van der Waals surface area contributed by atoms with Crippen molar-refractivity contribution in [1.82, 2.24) is 0 Å². The summed E-state index contributed by atoms with van der Waals surface area (Å²) in [6, 6.07) is 10.0. The molecule has 2 unspecified atom stereocenters. The normalized spacial score (nSPS) is 21.0. The van der Waals surface area contributed by atoms with Gasteiger partial charge in [0.1, 0.15) is 0 Å². The predicted octanol–water partition coefficient (Wildman–Crippen LogP) is 5.08. The molecule has 2 atom stereocenters. The summed E-state index contributed by atoms with van der Waals surface area (Å²) in [6.45, 7) is 14.4. The molecule has 0 amide bonds. The van der Waals surface area contributed by atoms with Crippen molar-refractivity contribution in [3.8, 4) is 0 Å². The molecule has 0 N–H and O–H groups in total. The number of benzene rings is 1. The Morgan fingerprint density at radius 1 is 1.04 bits per heavy atom. The van der Waals surface area contributed by atoms with Crippen molar-refractivity contribution in [3.05, 3.63) is 35.9 Å². The lowest BCUT2D eigenvalue weighted by molar-refractivity contribution is -0.144. The maximum atomic E-state index is 12.0. The first kappa shape index (κ1) is 21.1. The molecule has 1 aliphatic rings. The molecule has 0 aliphatic carbocycles. The number of rotatable bonds is 9. The van der Waals surface area contributed by atoms with E-state index in [9.17, 15) is 4.79 Å². The smallest absolute Gasteiger partial charge is 0.308 e. The van der Waals surface area contributed by atoms with Crippen LogP contribution in [0.15, 0.2) is 30.3 Å². The number of hydrogen-bond acceptors (Lipinski definition) is 4. The standard InChI is InChI=1S/C21H34O4Si/c1-15(2)26(16(3)4,17(5)6)25-19-12-21(22)24-20(19)14-23-13-18-10-8-7-9-11-18/h7-11,15-17,19-20H,12-14H2,1-6H3. The molecule has 1 fully saturated rings. The number of cyclic esters (lactones) is 1. The topological polar surface area (TPSA) is 44.8 Å². The molecule has 2 rings (SSSR count). The van der Waals surface area contributed by atoms with Gasteiger partial charge < -0.3 is 13.9 Å². The zero-order valence-electron chi connectivity index (χ0n) is 17.0. The molecule has 1 saturated heterocycles. The summed E-state index contributed by atoms with van der Waals surface area (Å²) >= 11 is 0. The lowest BCUT2D eigenvalue weighted by atomic mass is 10.2.